The maximum absolute atomic E-state index is 10.6. The van der Waals surface area contributed by atoms with Crippen LogP contribution in [0.3, 0.4) is 0 Å². The van der Waals surface area contributed by atoms with Crippen LogP contribution in [0, 0.1) is 0 Å². The summed E-state index contributed by atoms with van der Waals surface area (Å²) in [7, 11) is 0. The number of hydrogen-bond acceptors (Lipinski definition) is 4. The van der Waals surface area contributed by atoms with E-state index in [-0.39, 0.29) is 6.10 Å². The Labute approximate surface area is 159 Å². The molecule has 2 N–H and O–H groups in total. The zero-order valence-electron chi connectivity index (χ0n) is 16.8. The molecule has 2 aliphatic carbocycles. The third-order valence-corrected chi connectivity index (χ3v) is 5.97. The van der Waals surface area contributed by atoms with Crippen molar-refractivity contribution in [2.24, 2.45) is 0 Å². The summed E-state index contributed by atoms with van der Waals surface area (Å²) in [5.41, 5.74) is -1.19. The van der Waals surface area contributed by atoms with Gasteiger partial charge in [0.2, 0.25) is 0 Å². The Balaban J connectivity index is 0.000000187. The average Bonchev–Trinajstić information content (AvgIpc) is 2.64. The molecule has 0 bridgehead atoms. The van der Waals surface area contributed by atoms with Gasteiger partial charge < -0.3 is 24.7 Å². The number of rotatable bonds is 5. The molecule has 3 rings (SSSR count). The summed E-state index contributed by atoms with van der Waals surface area (Å²) in [5, 5.41) is 13.3. The van der Waals surface area contributed by atoms with Crippen LogP contribution in [-0.2, 0) is 14.3 Å². The van der Waals surface area contributed by atoms with Gasteiger partial charge in [-0.15, -0.1) is 0 Å². The van der Waals surface area contributed by atoms with Crippen molar-refractivity contribution in [2.45, 2.75) is 115 Å². The molecule has 3 fully saturated rings. The van der Waals surface area contributed by atoms with E-state index in [4.69, 9.17) is 9.47 Å². The van der Waals surface area contributed by atoms with Crippen molar-refractivity contribution < 1.29 is 24.7 Å². The molecule has 0 spiro atoms. The van der Waals surface area contributed by atoms with E-state index < -0.39 is 11.6 Å². The summed E-state index contributed by atoms with van der Waals surface area (Å²) in [6.07, 6.45) is 16.5. The first-order valence-corrected chi connectivity index (χ1v) is 10.8. The number of hydrogen-bond donors (Lipinski definition) is 1. The summed E-state index contributed by atoms with van der Waals surface area (Å²) in [5.74, 6) is -1.17. The molecular weight excluding hydrogens is 330 g/mol. The van der Waals surface area contributed by atoms with Crippen LogP contribution < -0.4 is 10.4 Å². The van der Waals surface area contributed by atoms with Crippen LogP contribution in [0.2, 0.25) is 0 Å². The molecule has 1 saturated heterocycles. The number of ether oxygens (including phenoxy) is 2. The first kappa shape index (κ1) is 21.6. The lowest BCUT2D eigenvalue weighted by Gasteiger charge is -2.33. The summed E-state index contributed by atoms with van der Waals surface area (Å²) < 4.78 is 10.5. The highest BCUT2D eigenvalue weighted by Crippen LogP contribution is 2.19. The van der Waals surface area contributed by atoms with Gasteiger partial charge in [0.15, 0.2) is 0 Å². The molecular formula is C21H39NO4. The van der Waals surface area contributed by atoms with Crippen LogP contribution in [0.15, 0.2) is 0 Å². The van der Waals surface area contributed by atoms with Crippen molar-refractivity contribution in [3.8, 4) is 0 Å². The highest BCUT2D eigenvalue weighted by atomic mass is 16.5. The molecule has 0 radical (unpaired) electrons. The minimum absolute atomic E-state index is 0.0124. The molecule has 0 unspecified atom stereocenters. The van der Waals surface area contributed by atoms with Crippen LogP contribution in [-0.4, -0.2) is 43.0 Å². The Bertz CT molecular complexity index is 379. The fraction of sp³-hybridized carbons (Fsp3) is 0.952. The minimum Gasteiger partial charge on any atom is -0.547 e. The molecule has 0 atom stereocenters. The Morgan fingerprint density at radius 2 is 1.35 bits per heavy atom. The topological polar surface area (TPSA) is 75.2 Å². The van der Waals surface area contributed by atoms with Gasteiger partial charge in [-0.25, -0.2) is 0 Å². The molecule has 5 nitrogen and oxygen atoms in total. The fourth-order valence-electron chi connectivity index (χ4n) is 4.30. The van der Waals surface area contributed by atoms with Gasteiger partial charge in [0, 0.05) is 13.2 Å². The van der Waals surface area contributed by atoms with Gasteiger partial charge in [-0.05, 0) is 78.1 Å². The van der Waals surface area contributed by atoms with E-state index in [0.29, 0.717) is 13.2 Å². The molecule has 26 heavy (non-hydrogen) atoms. The van der Waals surface area contributed by atoms with E-state index >= 15 is 0 Å². The monoisotopic (exact) mass is 369 g/mol. The average molecular weight is 370 g/mol. The van der Waals surface area contributed by atoms with Crippen molar-refractivity contribution in [2.75, 3.05) is 13.2 Å². The highest BCUT2D eigenvalue weighted by molar-refractivity contribution is 5.74. The van der Waals surface area contributed by atoms with Gasteiger partial charge in [0.25, 0.3) is 0 Å². The van der Waals surface area contributed by atoms with Gasteiger partial charge in [-0.1, -0.05) is 12.8 Å². The Kier molecular flexibility index (Phi) is 9.37. The van der Waals surface area contributed by atoms with Crippen LogP contribution >= 0.6 is 0 Å². The number of carbonyl (C=O) groups excluding carboxylic acids is 1. The summed E-state index contributed by atoms with van der Waals surface area (Å²) in [6.45, 7) is 4.32. The van der Waals surface area contributed by atoms with Crippen LogP contribution in [0.1, 0.15) is 90.9 Å². The smallest absolute Gasteiger partial charge is 0.102 e. The van der Waals surface area contributed by atoms with E-state index in [1.165, 1.54) is 78.1 Å². The first-order valence-electron chi connectivity index (χ1n) is 10.8. The zero-order chi connectivity index (χ0) is 18.8. The van der Waals surface area contributed by atoms with E-state index in [0.717, 1.165) is 24.9 Å². The largest absolute Gasteiger partial charge is 0.547 e. The molecule has 1 aliphatic heterocycles. The number of carboxylic acids is 1. The van der Waals surface area contributed by atoms with Crippen LogP contribution in [0.25, 0.3) is 0 Å². The van der Waals surface area contributed by atoms with Gasteiger partial charge in [0.05, 0.1) is 24.2 Å². The van der Waals surface area contributed by atoms with Gasteiger partial charge in [0.1, 0.15) is 5.60 Å². The second-order valence-electron chi connectivity index (χ2n) is 8.72. The molecule has 0 aromatic heterocycles. The highest BCUT2D eigenvalue weighted by Gasteiger charge is 2.26. The molecule has 5 heteroatoms. The minimum atomic E-state index is -1.19. The molecule has 3 aliphatic rings. The van der Waals surface area contributed by atoms with Gasteiger partial charge >= 0.3 is 0 Å². The van der Waals surface area contributed by atoms with E-state index in [1.807, 2.05) is 0 Å². The number of nitrogens with two attached hydrogens (primary N) is 1. The van der Waals surface area contributed by atoms with Crippen molar-refractivity contribution >= 4 is 5.97 Å². The lowest BCUT2D eigenvalue weighted by atomic mass is 9.91. The molecule has 152 valence electrons. The van der Waals surface area contributed by atoms with Crippen molar-refractivity contribution in [3.63, 3.8) is 0 Å². The molecule has 1 heterocycles. The third-order valence-electron chi connectivity index (χ3n) is 5.97. The zero-order valence-corrected chi connectivity index (χ0v) is 16.8. The maximum Gasteiger partial charge on any atom is 0.102 e. The number of aliphatic carboxylic acids is 1. The van der Waals surface area contributed by atoms with Crippen molar-refractivity contribution in [1.29, 1.82) is 0 Å². The first-order chi connectivity index (χ1) is 12.5. The second-order valence-corrected chi connectivity index (χ2v) is 8.72. The van der Waals surface area contributed by atoms with Gasteiger partial charge in [-0.3, -0.25) is 0 Å². The van der Waals surface area contributed by atoms with Gasteiger partial charge in [-0.2, -0.15) is 0 Å². The molecule has 0 aromatic carbocycles. The normalized spacial score (nSPS) is 23.9. The van der Waals surface area contributed by atoms with E-state index in [2.05, 4.69) is 5.32 Å². The number of carbonyl (C=O) groups is 1. The summed E-state index contributed by atoms with van der Waals surface area (Å²) >= 11 is 0. The molecule has 0 amide bonds. The van der Waals surface area contributed by atoms with E-state index in [1.54, 1.807) is 0 Å². The lowest BCUT2D eigenvalue weighted by Crippen LogP contribution is -2.95. The SMILES string of the molecule is C1CCC([NH2+]C2CCCCC2)CC1.CC(C)(OC1CCOCC1)C(=O)[O-]. The lowest BCUT2D eigenvalue weighted by molar-refractivity contribution is -0.725. The summed E-state index contributed by atoms with van der Waals surface area (Å²) in [6, 6.07) is 1.99. The fourth-order valence-corrected chi connectivity index (χ4v) is 4.30. The number of quaternary nitrogens is 1. The van der Waals surface area contributed by atoms with Crippen molar-refractivity contribution in [1.82, 2.24) is 0 Å². The molecule has 0 aromatic rings. The predicted octanol–water partition coefficient (Wildman–Crippen LogP) is 1.93. The second kappa shape index (κ2) is 11.3. The summed E-state index contributed by atoms with van der Waals surface area (Å²) in [4.78, 5) is 10.6. The third kappa shape index (κ3) is 7.93. The Hall–Kier alpha value is -0.650. The standard InChI is InChI=1S/C12H23N.C9H16O4/c1-3-7-11(8-4-1)13-12-9-5-2-6-10-12;1-9(2,8(10)11)13-7-3-5-12-6-4-7/h11-13H,1-10H2;7H,3-6H2,1-2H3,(H,10,11). The Morgan fingerprint density at radius 1 is 0.885 bits per heavy atom. The van der Waals surface area contributed by atoms with Crippen LogP contribution in [0.5, 0.6) is 0 Å². The number of carboxylic acid groups (broad SMARTS) is 1. The van der Waals surface area contributed by atoms with Crippen molar-refractivity contribution in [3.05, 3.63) is 0 Å². The maximum atomic E-state index is 10.6. The Morgan fingerprint density at radius 3 is 1.77 bits per heavy atom. The van der Waals surface area contributed by atoms with E-state index in [9.17, 15) is 9.90 Å². The molecule has 2 saturated carbocycles. The predicted molar refractivity (Wildman–Crippen MR) is 99.7 cm³/mol. The quantitative estimate of drug-likeness (QED) is 0.803. The van der Waals surface area contributed by atoms with Crippen LogP contribution in [0.4, 0.5) is 0 Å².